The molecule has 1 fully saturated rings. The average molecular weight is 550 g/mol. The number of ether oxygens (including phenoxy) is 1. The topological polar surface area (TPSA) is 116 Å². The van der Waals surface area contributed by atoms with Crippen molar-refractivity contribution in [2.45, 2.75) is 38.3 Å². The first-order valence-corrected chi connectivity index (χ1v) is 13.5. The van der Waals surface area contributed by atoms with E-state index in [1.807, 2.05) is 55.3 Å². The van der Waals surface area contributed by atoms with Gasteiger partial charge in [-0.05, 0) is 43.5 Å². The van der Waals surface area contributed by atoms with Crippen LogP contribution in [0.25, 0.3) is 10.9 Å². The quantitative estimate of drug-likeness (QED) is 0.252. The summed E-state index contributed by atoms with van der Waals surface area (Å²) < 4.78 is 9.82. The molecule has 0 spiro atoms. The summed E-state index contributed by atoms with van der Waals surface area (Å²) in [5, 5.41) is 7.47. The third-order valence-corrected chi connectivity index (χ3v) is 8.22. The number of likely N-dealkylation sites (tertiary alicyclic amines) is 1. The molecule has 4 aromatic rings. The van der Waals surface area contributed by atoms with Gasteiger partial charge in [-0.25, -0.2) is 15.8 Å². The van der Waals surface area contributed by atoms with Gasteiger partial charge in [0.1, 0.15) is 5.82 Å². The SMILES string of the molecule is COc1nc2ccc(C(/C(=C/N)N(C)N)c3cnc(C)n3C)cc2c(Cl)c1CN1CCC(n2cccn2)CC1. The molecule has 0 bridgehead atoms. The van der Waals surface area contributed by atoms with Crippen molar-refractivity contribution in [1.82, 2.24) is 34.2 Å². The summed E-state index contributed by atoms with van der Waals surface area (Å²) >= 11 is 7.14. The fourth-order valence-electron chi connectivity index (χ4n) is 5.51. The van der Waals surface area contributed by atoms with Crippen LogP contribution in [0.4, 0.5) is 0 Å². The minimum absolute atomic E-state index is 0.247. The number of nitrogens with two attached hydrogens (primary N) is 2. The van der Waals surface area contributed by atoms with Crippen LogP contribution in [0.2, 0.25) is 5.02 Å². The van der Waals surface area contributed by atoms with Crippen LogP contribution in [0.1, 0.15) is 47.4 Å². The summed E-state index contributed by atoms with van der Waals surface area (Å²) in [6.45, 7) is 4.51. The predicted molar refractivity (Wildman–Crippen MR) is 153 cm³/mol. The van der Waals surface area contributed by atoms with Crippen LogP contribution in [0, 0.1) is 6.92 Å². The summed E-state index contributed by atoms with van der Waals surface area (Å²) in [4.78, 5) is 11.7. The van der Waals surface area contributed by atoms with Crippen LogP contribution in [0.5, 0.6) is 5.88 Å². The zero-order valence-corrected chi connectivity index (χ0v) is 23.6. The minimum atomic E-state index is -0.247. The first-order valence-electron chi connectivity index (χ1n) is 13.1. The number of hydrazine groups is 1. The lowest BCUT2D eigenvalue weighted by molar-refractivity contribution is 0.171. The number of piperidine rings is 1. The molecule has 1 atom stereocenters. The standard InChI is InChI=1S/C28H36ClN9O/c1-18-32-16-25(35(18)2)26(24(15-30)36(3)31)19-6-7-23-21(14-19)27(29)22(28(34-23)39-4)17-37-12-8-20(9-13-37)38-11-5-10-33-38/h5-7,10-11,14-16,20,26H,8-9,12-13,17,30-31H2,1-4H3/b24-15-. The summed E-state index contributed by atoms with van der Waals surface area (Å²) in [6.07, 6.45) is 9.34. The van der Waals surface area contributed by atoms with Gasteiger partial charge in [-0.2, -0.15) is 5.10 Å². The average Bonchev–Trinajstić information content (AvgIpc) is 3.59. The minimum Gasteiger partial charge on any atom is -0.481 e. The maximum absolute atomic E-state index is 7.14. The van der Waals surface area contributed by atoms with Gasteiger partial charge in [-0.1, -0.05) is 17.7 Å². The summed E-state index contributed by atoms with van der Waals surface area (Å²) in [5.41, 5.74) is 10.4. The molecule has 206 valence electrons. The van der Waals surface area contributed by atoms with E-state index in [9.17, 15) is 0 Å². The monoisotopic (exact) mass is 549 g/mol. The lowest BCUT2D eigenvalue weighted by atomic mass is 9.91. The first kappa shape index (κ1) is 27.0. The number of pyridine rings is 1. The van der Waals surface area contributed by atoms with Crippen molar-refractivity contribution >= 4 is 22.5 Å². The van der Waals surface area contributed by atoms with Crippen LogP contribution < -0.4 is 16.3 Å². The highest BCUT2D eigenvalue weighted by atomic mass is 35.5. The molecule has 1 aromatic carbocycles. The molecular weight excluding hydrogens is 514 g/mol. The third-order valence-electron chi connectivity index (χ3n) is 7.79. The fraction of sp³-hybridized carbons (Fsp3) is 0.393. The highest BCUT2D eigenvalue weighted by molar-refractivity contribution is 6.36. The van der Waals surface area contributed by atoms with Crippen molar-refractivity contribution in [1.29, 1.82) is 0 Å². The Hall–Kier alpha value is -3.60. The van der Waals surface area contributed by atoms with Gasteiger partial charge in [-0.3, -0.25) is 9.58 Å². The van der Waals surface area contributed by atoms with Crippen molar-refractivity contribution in [2.24, 2.45) is 18.6 Å². The van der Waals surface area contributed by atoms with E-state index >= 15 is 0 Å². The van der Waals surface area contributed by atoms with Crippen LogP contribution in [-0.2, 0) is 13.6 Å². The highest BCUT2D eigenvalue weighted by Gasteiger charge is 2.27. The molecule has 1 unspecified atom stereocenters. The van der Waals surface area contributed by atoms with E-state index in [-0.39, 0.29) is 5.92 Å². The number of hydrogen-bond acceptors (Lipinski definition) is 8. The Morgan fingerprint density at radius 1 is 1.31 bits per heavy atom. The Labute approximate surface area is 233 Å². The molecule has 3 aromatic heterocycles. The number of hydrogen-bond donors (Lipinski definition) is 2. The van der Waals surface area contributed by atoms with Gasteiger partial charge in [-0.15, -0.1) is 0 Å². The Morgan fingerprint density at radius 2 is 2.08 bits per heavy atom. The molecule has 0 saturated carbocycles. The van der Waals surface area contributed by atoms with Crippen LogP contribution in [-0.4, -0.2) is 61.5 Å². The number of allylic oxidation sites excluding steroid dienone is 1. The maximum Gasteiger partial charge on any atom is 0.219 e. The smallest absolute Gasteiger partial charge is 0.219 e. The Morgan fingerprint density at radius 3 is 2.67 bits per heavy atom. The van der Waals surface area contributed by atoms with Crippen LogP contribution in [0.3, 0.4) is 0 Å². The second-order valence-corrected chi connectivity index (χ2v) is 10.5. The predicted octanol–water partition coefficient (Wildman–Crippen LogP) is 3.71. The number of aromatic nitrogens is 5. The molecule has 1 saturated heterocycles. The zero-order chi connectivity index (χ0) is 27.7. The van der Waals surface area contributed by atoms with Gasteiger partial charge in [0.15, 0.2) is 0 Å². The first-order chi connectivity index (χ1) is 18.8. The van der Waals surface area contributed by atoms with E-state index < -0.39 is 0 Å². The van der Waals surface area contributed by atoms with Crippen molar-refractivity contribution in [2.75, 3.05) is 27.2 Å². The van der Waals surface area contributed by atoms with Crippen molar-refractivity contribution < 1.29 is 4.74 Å². The number of likely N-dealkylation sites (N-methyl/N-ethyl adjacent to an activating group) is 1. The number of imidazole rings is 1. The van der Waals surface area contributed by atoms with Gasteiger partial charge in [0.2, 0.25) is 5.88 Å². The number of fused-ring (bicyclic) bond motifs is 1. The van der Waals surface area contributed by atoms with Gasteiger partial charge in [0, 0.05) is 69.5 Å². The summed E-state index contributed by atoms with van der Waals surface area (Å²) in [5.74, 6) is 7.42. The molecule has 39 heavy (non-hydrogen) atoms. The van der Waals surface area contributed by atoms with Gasteiger partial charge in [0.25, 0.3) is 0 Å². The van der Waals surface area contributed by atoms with Gasteiger partial charge in [0.05, 0.1) is 41.0 Å². The van der Waals surface area contributed by atoms with E-state index in [0.717, 1.165) is 65.2 Å². The summed E-state index contributed by atoms with van der Waals surface area (Å²) in [6, 6.07) is 8.48. The molecule has 1 aliphatic heterocycles. The number of methoxy groups -OCH3 is 1. The molecule has 0 radical (unpaired) electrons. The molecule has 0 amide bonds. The largest absolute Gasteiger partial charge is 0.481 e. The molecule has 5 rings (SSSR count). The number of halogens is 1. The molecule has 1 aliphatic rings. The van der Waals surface area contributed by atoms with E-state index in [1.54, 1.807) is 25.4 Å². The van der Waals surface area contributed by atoms with Crippen LogP contribution in [0.15, 0.2) is 54.8 Å². The Balaban J connectivity index is 1.51. The molecule has 0 aliphatic carbocycles. The number of nitrogens with zero attached hydrogens (tertiary/aromatic N) is 7. The van der Waals surface area contributed by atoms with E-state index in [1.165, 1.54) is 0 Å². The molecule has 4 N–H and O–H groups in total. The lowest BCUT2D eigenvalue weighted by Gasteiger charge is -2.32. The van der Waals surface area contributed by atoms with Crippen molar-refractivity contribution in [3.05, 3.63) is 82.4 Å². The van der Waals surface area contributed by atoms with Crippen molar-refractivity contribution in [3.8, 4) is 5.88 Å². The van der Waals surface area contributed by atoms with E-state index in [4.69, 9.17) is 32.9 Å². The number of benzene rings is 1. The summed E-state index contributed by atoms with van der Waals surface area (Å²) in [7, 11) is 5.41. The Bertz CT molecular complexity index is 1470. The third kappa shape index (κ3) is 5.19. The second-order valence-electron chi connectivity index (χ2n) is 10.1. The molecule has 11 heteroatoms. The van der Waals surface area contributed by atoms with Crippen molar-refractivity contribution in [3.63, 3.8) is 0 Å². The zero-order valence-electron chi connectivity index (χ0n) is 22.9. The van der Waals surface area contributed by atoms with Gasteiger partial charge < -0.3 is 20.0 Å². The Kier molecular flexibility index (Phi) is 7.79. The highest BCUT2D eigenvalue weighted by Crippen LogP contribution is 2.38. The number of aryl methyl sites for hydroxylation is 1. The maximum atomic E-state index is 7.14. The number of rotatable bonds is 8. The molecular formula is C28H36ClN9O. The van der Waals surface area contributed by atoms with E-state index in [0.29, 0.717) is 23.5 Å². The second kappa shape index (κ2) is 11.3. The normalized spacial score (nSPS) is 16.1. The van der Waals surface area contributed by atoms with Gasteiger partial charge >= 0.3 is 0 Å². The molecule has 10 nitrogen and oxygen atoms in total. The molecule has 4 heterocycles. The fourth-order valence-corrected chi connectivity index (χ4v) is 5.80. The lowest BCUT2D eigenvalue weighted by Crippen LogP contribution is -2.34. The van der Waals surface area contributed by atoms with E-state index in [2.05, 4.69) is 25.7 Å². The van der Waals surface area contributed by atoms with Crippen LogP contribution >= 0.6 is 11.6 Å².